The number of ether oxygens (including phenoxy) is 1. The number of methoxy groups -OCH3 is 1. The van der Waals surface area contributed by atoms with Gasteiger partial charge in [-0.2, -0.15) is 0 Å². The molecule has 150 valence electrons. The lowest BCUT2D eigenvalue weighted by atomic mass is 9.89. The minimum Gasteiger partial charge on any atom is -0.469 e. The lowest BCUT2D eigenvalue weighted by Crippen LogP contribution is -2.20. The van der Waals surface area contributed by atoms with Crippen molar-refractivity contribution >= 4 is 5.97 Å². The fraction of sp³-hybridized carbons (Fsp3) is 0.762. The number of hydrogen-bond acceptors (Lipinski definition) is 5. The second-order valence-corrected chi connectivity index (χ2v) is 7.24. The summed E-state index contributed by atoms with van der Waals surface area (Å²) in [5, 5.41) is 30.5. The molecule has 5 atom stereocenters. The monoisotopic (exact) mass is 368 g/mol. The third-order valence-corrected chi connectivity index (χ3v) is 5.13. The smallest absolute Gasteiger partial charge is 0.305 e. The molecule has 0 radical (unpaired) electrons. The summed E-state index contributed by atoms with van der Waals surface area (Å²) in [6.07, 6.45) is 13.1. The number of unbranched alkanes of at least 4 members (excludes halogenated alkanes) is 3. The van der Waals surface area contributed by atoms with Crippen LogP contribution in [-0.4, -0.2) is 46.7 Å². The van der Waals surface area contributed by atoms with Crippen LogP contribution < -0.4 is 0 Å². The molecule has 1 rings (SSSR count). The quantitative estimate of drug-likeness (QED) is 0.280. The van der Waals surface area contributed by atoms with Crippen molar-refractivity contribution in [1.29, 1.82) is 0 Å². The third kappa shape index (κ3) is 8.47. The normalized spacial score (nSPS) is 27.4. The highest BCUT2D eigenvalue weighted by Gasteiger charge is 2.39. The summed E-state index contributed by atoms with van der Waals surface area (Å²) in [6, 6.07) is 0. The van der Waals surface area contributed by atoms with Gasteiger partial charge >= 0.3 is 5.97 Å². The highest BCUT2D eigenvalue weighted by atomic mass is 16.5. The molecule has 0 aromatic rings. The Hall–Kier alpha value is -1.17. The van der Waals surface area contributed by atoms with E-state index < -0.39 is 18.3 Å². The first-order valence-corrected chi connectivity index (χ1v) is 9.93. The Morgan fingerprint density at radius 2 is 1.96 bits per heavy atom. The fourth-order valence-electron chi connectivity index (χ4n) is 3.50. The van der Waals surface area contributed by atoms with E-state index in [1.54, 1.807) is 6.08 Å². The molecule has 0 saturated heterocycles. The second-order valence-electron chi connectivity index (χ2n) is 7.24. The van der Waals surface area contributed by atoms with Crippen LogP contribution in [0.5, 0.6) is 0 Å². The molecule has 0 amide bonds. The fourth-order valence-corrected chi connectivity index (χ4v) is 3.50. The van der Waals surface area contributed by atoms with E-state index in [4.69, 9.17) is 0 Å². The summed E-state index contributed by atoms with van der Waals surface area (Å²) in [5.74, 6) is -0.373. The van der Waals surface area contributed by atoms with Gasteiger partial charge in [0.25, 0.3) is 0 Å². The van der Waals surface area contributed by atoms with Gasteiger partial charge in [-0.25, -0.2) is 0 Å². The molecular weight excluding hydrogens is 332 g/mol. The van der Waals surface area contributed by atoms with E-state index in [-0.39, 0.29) is 17.8 Å². The van der Waals surface area contributed by atoms with Gasteiger partial charge < -0.3 is 20.1 Å². The van der Waals surface area contributed by atoms with Crippen molar-refractivity contribution in [2.24, 2.45) is 11.8 Å². The Kier molecular flexibility index (Phi) is 11.5. The van der Waals surface area contributed by atoms with Gasteiger partial charge in [-0.15, -0.1) is 0 Å². The summed E-state index contributed by atoms with van der Waals surface area (Å²) < 4.78 is 4.60. The van der Waals surface area contributed by atoms with Gasteiger partial charge in [-0.05, 0) is 31.6 Å². The summed E-state index contributed by atoms with van der Waals surface area (Å²) in [6.45, 7) is 2.13. The molecule has 0 spiro atoms. The van der Waals surface area contributed by atoms with Gasteiger partial charge in [0.05, 0.1) is 25.4 Å². The predicted molar refractivity (Wildman–Crippen MR) is 103 cm³/mol. The van der Waals surface area contributed by atoms with Gasteiger partial charge in [-0.1, -0.05) is 50.5 Å². The molecule has 5 nitrogen and oxygen atoms in total. The molecule has 0 unspecified atom stereocenters. The number of rotatable bonds is 12. The van der Waals surface area contributed by atoms with Crippen LogP contribution in [0.4, 0.5) is 0 Å². The number of esters is 1. The van der Waals surface area contributed by atoms with Crippen molar-refractivity contribution in [3.63, 3.8) is 0 Å². The molecule has 0 heterocycles. The summed E-state index contributed by atoms with van der Waals surface area (Å²) in [5.41, 5.74) is 0. The number of aliphatic hydroxyl groups is 3. The Morgan fingerprint density at radius 3 is 2.65 bits per heavy atom. The van der Waals surface area contributed by atoms with Crippen molar-refractivity contribution < 1.29 is 24.9 Å². The average Bonchev–Trinajstić information content (AvgIpc) is 2.89. The van der Waals surface area contributed by atoms with Gasteiger partial charge in [0.2, 0.25) is 0 Å². The molecule has 1 saturated carbocycles. The summed E-state index contributed by atoms with van der Waals surface area (Å²) in [7, 11) is 1.39. The lowest BCUT2D eigenvalue weighted by molar-refractivity contribution is -0.140. The number of carbonyl (C=O) groups excluding carboxylic acids is 1. The minimum atomic E-state index is -0.568. The molecule has 1 aliphatic carbocycles. The number of allylic oxidation sites excluding steroid dienone is 2. The van der Waals surface area contributed by atoms with E-state index in [2.05, 4.69) is 11.7 Å². The Bertz CT molecular complexity index is 446. The van der Waals surface area contributed by atoms with Gasteiger partial charge in [0.15, 0.2) is 0 Å². The SMILES string of the molecule is CCCCC[C@@H](O)C=C[C@@H]1[C@H](C/C=C\CCCC(=O)OC)[C@H](O)C[C@@H]1O. The maximum absolute atomic E-state index is 11.1. The van der Waals surface area contributed by atoms with E-state index in [1.807, 2.05) is 18.2 Å². The largest absolute Gasteiger partial charge is 0.469 e. The van der Waals surface area contributed by atoms with E-state index >= 15 is 0 Å². The van der Waals surface area contributed by atoms with Crippen LogP contribution in [0.1, 0.15) is 64.7 Å². The van der Waals surface area contributed by atoms with E-state index in [1.165, 1.54) is 7.11 Å². The molecule has 0 aromatic carbocycles. The second kappa shape index (κ2) is 13.1. The highest BCUT2D eigenvalue weighted by Crippen LogP contribution is 2.36. The summed E-state index contributed by atoms with van der Waals surface area (Å²) in [4.78, 5) is 11.1. The molecule has 1 fully saturated rings. The lowest BCUT2D eigenvalue weighted by Gasteiger charge is -2.19. The van der Waals surface area contributed by atoms with Crippen LogP contribution >= 0.6 is 0 Å². The van der Waals surface area contributed by atoms with Gasteiger partial charge in [0.1, 0.15) is 0 Å². The molecule has 1 aliphatic rings. The molecule has 26 heavy (non-hydrogen) atoms. The van der Waals surface area contributed by atoms with E-state index in [0.717, 1.165) is 38.5 Å². The van der Waals surface area contributed by atoms with Gasteiger partial charge in [0, 0.05) is 18.8 Å². The van der Waals surface area contributed by atoms with E-state index in [9.17, 15) is 20.1 Å². The zero-order valence-electron chi connectivity index (χ0n) is 16.2. The predicted octanol–water partition coefficient (Wildman–Crippen LogP) is 3.13. The van der Waals surface area contributed by atoms with Gasteiger partial charge in [-0.3, -0.25) is 4.79 Å². The average molecular weight is 369 g/mol. The van der Waals surface area contributed by atoms with Crippen molar-refractivity contribution in [3.8, 4) is 0 Å². The zero-order valence-corrected chi connectivity index (χ0v) is 16.2. The van der Waals surface area contributed by atoms with Crippen LogP contribution in [0.15, 0.2) is 24.3 Å². The third-order valence-electron chi connectivity index (χ3n) is 5.13. The number of carbonyl (C=O) groups is 1. The van der Waals surface area contributed by atoms with Crippen molar-refractivity contribution in [1.82, 2.24) is 0 Å². The topological polar surface area (TPSA) is 87.0 Å². The van der Waals surface area contributed by atoms with Crippen molar-refractivity contribution in [2.75, 3.05) is 7.11 Å². The molecule has 0 bridgehead atoms. The molecule has 0 aromatic heterocycles. The van der Waals surface area contributed by atoms with Crippen LogP contribution in [0, 0.1) is 11.8 Å². The maximum Gasteiger partial charge on any atom is 0.305 e. The zero-order chi connectivity index (χ0) is 19.4. The Labute approximate surface area is 157 Å². The Morgan fingerprint density at radius 1 is 1.19 bits per heavy atom. The van der Waals surface area contributed by atoms with Crippen LogP contribution in [-0.2, 0) is 9.53 Å². The molecule has 5 heteroatoms. The minimum absolute atomic E-state index is 0.0408. The number of aliphatic hydroxyl groups excluding tert-OH is 3. The van der Waals surface area contributed by atoms with Crippen LogP contribution in [0.2, 0.25) is 0 Å². The molecule has 0 aliphatic heterocycles. The first-order valence-electron chi connectivity index (χ1n) is 9.93. The van der Waals surface area contributed by atoms with E-state index in [0.29, 0.717) is 19.3 Å². The van der Waals surface area contributed by atoms with Crippen molar-refractivity contribution in [2.45, 2.75) is 83.0 Å². The first-order chi connectivity index (χ1) is 12.5. The highest BCUT2D eigenvalue weighted by molar-refractivity contribution is 5.69. The van der Waals surface area contributed by atoms with Crippen molar-refractivity contribution in [3.05, 3.63) is 24.3 Å². The molecular formula is C21H36O5. The molecule has 3 N–H and O–H groups in total. The van der Waals surface area contributed by atoms with Crippen LogP contribution in [0.3, 0.4) is 0 Å². The Balaban J connectivity index is 2.44. The first kappa shape index (κ1) is 22.9. The number of hydrogen-bond donors (Lipinski definition) is 3. The van der Waals surface area contributed by atoms with Crippen LogP contribution in [0.25, 0.3) is 0 Å². The maximum atomic E-state index is 11.1. The standard InChI is InChI=1S/C21H36O5/c1-3-4-7-10-16(22)13-14-18-17(19(23)15-20(18)24)11-8-5-6-9-12-21(25)26-2/h5,8,13-14,16-20,22-24H,3-4,6-7,9-12,15H2,1-2H3/b8-5-,14-13?/t16-,17+,18-,19-,20+/m1/s1. The summed E-state index contributed by atoms with van der Waals surface area (Å²) >= 11 is 0.